The molecule has 2 unspecified atom stereocenters. The van der Waals surface area contributed by atoms with Crippen LogP contribution in [0.3, 0.4) is 0 Å². The number of aliphatic hydroxyl groups is 1. The Labute approximate surface area is 124 Å². The predicted octanol–water partition coefficient (Wildman–Crippen LogP) is 4.04. The largest absolute Gasteiger partial charge is 0.387 e. The molecule has 0 aromatic heterocycles. The zero-order valence-corrected chi connectivity index (χ0v) is 14.0. The fourth-order valence-electron chi connectivity index (χ4n) is 2.39. The van der Waals surface area contributed by atoms with E-state index in [2.05, 4.69) is 70.8 Å². The first-order valence-electron chi connectivity index (χ1n) is 7.72. The second-order valence-corrected chi connectivity index (χ2v) is 6.99. The molecule has 0 bridgehead atoms. The Kier molecular flexibility index (Phi) is 6.22. The highest BCUT2D eigenvalue weighted by molar-refractivity contribution is 5.24. The Balaban J connectivity index is 2.64. The van der Waals surface area contributed by atoms with Gasteiger partial charge in [0.2, 0.25) is 0 Å². The topological polar surface area (TPSA) is 23.5 Å². The van der Waals surface area contributed by atoms with Gasteiger partial charge in [0.05, 0.1) is 6.10 Å². The van der Waals surface area contributed by atoms with Gasteiger partial charge in [0.1, 0.15) is 0 Å². The summed E-state index contributed by atoms with van der Waals surface area (Å²) in [6, 6.07) is 8.82. The lowest BCUT2D eigenvalue weighted by atomic mass is 9.87. The maximum atomic E-state index is 10.4. The van der Waals surface area contributed by atoms with Crippen molar-refractivity contribution in [2.24, 2.45) is 5.41 Å². The van der Waals surface area contributed by atoms with Crippen molar-refractivity contribution in [3.05, 3.63) is 35.4 Å². The highest BCUT2D eigenvalue weighted by Gasteiger charge is 2.25. The maximum absolute atomic E-state index is 10.4. The zero-order valence-electron chi connectivity index (χ0n) is 14.0. The van der Waals surface area contributed by atoms with E-state index in [0.29, 0.717) is 12.6 Å². The fourth-order valence-corrected chi connectivity index (χ4v) is 2.39. The standard InChI is InChI=1S/C18H31NO/c1-7-8-15-9-11-16(12-10-15)17(20)13-19(6)14(2)18(3,4)5/h9-12,14,17,20H,7-8,13H2,1-6H3. The quantitative estimate of drug-likeness (QED) is 0.848. The molecule has 1 N–H and O–H groups in total. The summed E-state index contributed by atoms with van der Waals surface area (Å²) in [6.45, 7) is 11.8. The molecule has 0 amide bonds. The molecule has 0 aliphatic rings. The van der Waals surface area contributed by atoms with Crippen LogP contribution in [0.2, 0.25) is 0 Å². The molecule has 2 heteroatoms. The lowest BCUT2D eigenvalue weighted by Gasteiger charge is -2.36. The van der Waals surface area contributed by atoms with Crippen LogP contribution in [0.4, 0.5) is 0 Å². The van der Waals surface area contributed by atoms with Crippen molar-refractivity contribution in [1.82, 2.24) is 4.90 Å². The third-order valence-electron chi connectivity index (χ3n) is 4.28. The van der Waals surface area contributed by atoms with E-state index in [1.54, 1.807) is 0 Å². The van der Waals surface area contributed by atoms with Crippen molar-refractivity contribution >= 4 is 0 Å². The molecule has 1 aromatic rings. The van der Waals surface area contributed by atoms with Gasteiger partial charge in [-0.3, -0.25) is 0 Å². The number of aliphatic hydroxyl groups excluding tert-OH is 1. The smallest absolute Gasteiger partial charge is 0.0916 e. The van der Waals surface area contributed by atoms with Gasteiger partial charge in [-0.05, 0) is 36.9 Å². The molecule has 0 saturated heterocycles. The van der Waals surface area contributed by atoms with E-state index in [1.807, 2.05) is 0 Å². The molecule has 0 aliphatic heterocycles. The average Bonchev–Trinajstić information content (AvgIpc) is 2.37. The van der Waals surface area contributed by atoms with Gasteiger partial charge in [-0.1, -0.05) is 58.4 Å². The summed E-state index contributed by atoms with van der Waals surface area (Å²) in [5, 5.41) is 10.4. The van der Waals surface area contributed by atoms with Crippen LogP contribution in [-0.2, 0) is 6.42 Å². The highest BCUT2D eigenvalue weighted by Crippen LogP contribution is 2.25. The molecule has 0 spiro atoms. The van der Waals surface area contributed by atoms with E-state index < -0.39 is 6.10 Å². The Bertz CT molecular complexity index is 391. The molecule has 0 heterocycles. The van der Waals surface area contributed by atoms with E-state index >= 15 is 0 Å². The van der Waals surface area contributed by atoms with Gasteiger partial charge < -0.3 is 10.0 Å². The first-order valence-corrected chi connectivity index (χ1v) is 7.72. The van der Waals surface area contributed by atoms with E-state index in [0.717, 1.165) is 18.4 Å². The molecular formula is C18H31NO. The van der Waals surface area contributed by atoms with Crippen LogP contribution in [0.15, 0.2) is 24.3 Å². The molecule has 0 aliphatic carbocycles. The summed E-state index contributed by atoms with van der Waals surface area (Å²) in [7, 11) is 2.09. The van der Waals surface area contributed by atoms with E-state index in [4.69, 9.17) is 0 Å². The first kappa shape index (κ1) is 17.2. The molecule has 20 heavy (non-hydrogen) atoms. The van der Waals surface area contributed by atoms with Gasteiger partial charge in [0, 0.05) is 12.6 Å². The van der Waals surface area contributed by atoms with Gasteiger partial charge in [-0.25, -0.2) is 0 Å². The number of rotatable bonds is 6. The summed E-state index contributed by atoms with van der Waals surface area (Å²) >= 11 is 0. The number of likely N-dealkylation sites (N-methyl/N-ethyl adjacent to an activating group) is 1. The van der Waals surface area contributed by atoms with Gasteiger partial charge >= 0.3 is 0 Å². The summed E-state index contributed by atoms with van der Waals surface area (Å²) < 4.78 is 0. The zero-order chi connectivity index (χ0) is 15.3. The van der Waals surface area contributed by atoms with Crippen molar-refractivity contribution in [1.29, 1.82) is 0 Å². The van der Waals surface area contributed by atoms with Crippen LogP contribution in [0, 0.1) is 5.41 Å². The first-order chi connectivity index (χ1) is 9.25. The Hall–Kier alpha value is -0.860. The normalized spacial score (nSPS) is 15.4. The summed E-state index contributed by atoms with van der Waals surface area (Å²) in [5.74, 6) is 0. The molecule has 0 radical (unpaired) electrons. The van der Waals surface area contributed by atoms with Gasteiger partial charge in [-0.15, -0.1) is 0 Å². The molecule has 1 rings (SSSR count). The number of hydrogen-bond acceptors (Lipinski definition) is 2. The van der Waals surface area contributed by atoms with E-state index in [1.165, 1.54) is 5.56 Å². The molecular weight excluding hydrogens is 246 g/mol. The van der Waals surface area contributed by atoms with Crippen molar-refractivity contribution in [2.75, 3.05) is 13.6 Å². The molecule has 114 valence electrons. The molecule has 0 fully saturated rings. The lowest BCUT2D eigenvalue weighted by molar-refractivity contribution is 0.0715. The summed E-state index contributed by atoms with van der Waals surface area (Å²) in [4.78, 5) is 2.24. The molecule has 2 nitrogen and oxygen atoms in total. The molecule has 2 atom stereocenters. The van der Waals surface area contributed by atoms with Gasteiger partial charge in [0.25, 0.3) is 0 Å². The molecule has 1 aromatic carbocycles. The van der Waals surface area contributed by atoms with Crippen molar-refractivity contribution in [3.63, 3.8) is 0 Å². The number of benzene rings is 1. The molecule has 0 saturated carbocycles. The van der Waals surface area contributed by atoms with Crippen LogP contribution >= 0.6 is 0 Å². The Morgan fingerprint density at radius 1 is 1.15 bits per heavy atom. The average molecular weight is 277 g/mol. The van der Waals surface area contributed by atoms with Crippen molar-refractivity contribution in [2.45, 2.75) is 59.6 Å². The Morgan fingerprint density at radius 3 is 2.15 bits per heavy atom. The Morgan fingerprint density at radius 2 is 1.70 bits per heavy atom. The van der Waals surface area contributed by atoms with Crippen LogP contribution in [0.25, 0.3) is 0 Å². The minimum Gasteiger partial charge on any atom is -0.387 e. The van der Waals surface area contributed by atoms with E-state index in [9.17, 15) is 5.11 Å². The van der Waals surface area contributed by atoms with Crippen LogP contribution in [0.1, 0.15) is 58.3 Å². The van der Waals surface area contributed by atoms with Crippen molar-refractivity contribution in [3.8, 4) is 0 Å². The highest BCUT2D eigenvalue weighted by atomic mass is 16.3. The van der Waals surface area contributed by atoms with Crippen LogP contribution < -0.4 is 0 Å². The SMILES string of the molecule is CCCc1ccc(C(O)CN(C)C(C)C(C)(C)C)cc1. The van der Waals surface area contributed by atoms with E-state index in [-0.39, 0.29) is 5.41 Å². The minimum absolute atomic E-state index is 0.222. The second-order valence-electron chi connectivity index (χ2n) is 6.99. The minimum atomic E-state index is -0.416. The van der Waals surface area contributed by atoms with Crippen LogP contribution in [-0.4, -0.2) is 29.6 Å². The second kappa shape index (κ2) is 7.24. The van der Waals surface area contributed by atoms with Gasteiger partial charge in [-0.2, -0.15) is 0 Å². The lowest BCUT2D eigenvalue weighted by Crippen LogP contribution is -2.41. The van der Waals surface area contributed by atoms with Crippen LogP contribution in [0.5, 0.6) is 0 Å². The number of nitrogens with zero attached hydrogens (tertiary/aromatic N) is 1. The maximum Gasteiger partial charge on any atom is 0.0916 e. The van der Waals surface area contributed by atoms with Gasteiger partial charge in [0.15, 0.2) is 0 Å². The third kappa shape index (κ3) is 4.92. The number of hydrogen-bond donors (Lipinski definition) is 1. The fraction of sp³-hybridized carbons (Fsp3) is 0.667. The summed E-state index contributed by atoms with van der Waals surface area (Å²) in [6.07, 6.45) is 1.85. The summed E-state index contributed by atoms with van der Waals surface area (Å²) in [5.41, 5.74) is 2.58. The third-order valence-corrected chi connectivity index (χ3v) is 4.28. The predicted molar refractivity (Wildman–Crippen MR) is 86.9 cm³/mol. The van der Waals surface area contributed by atoms with Crippen molar-refractivity contribution < 1.29 is 5.11 Å². The monoisotopic (exact) mass is 277 g/mol. The number of aryl methyl sites for hydroxylation is 1.